The molecule has 1 N–H and O–H groups in total. The Balaban J connectivity index is 1.79. The molecule has 5 heteroatoms. The second kappa shape index (κ2) is 5.22. The summed E-state index contributed by atoms with van der Waals surface area (Å²) in [4.78, 5) is 25.4. The van der Waals surface area contributed by atoms with Crippen molar-refractivity contribution in [2.45, 2.75) is 32.7 Å². The van der Waals surface area contributed by atoms with Gasteiger partial charge in [0.2, 0.25) is 0 Å². The molecule has 0 aromatic heterocycles. The first-order chi connectivity index (χ1) is 9.97. The third-order valence-corrected chi connectivity index (χ3v) is 3.99. The van der Waals surface area contributed by atoms with E-state index in [4.69, 9.17) is 0 Å². The Labute approximate surface area is 123 Å². The van der Waals surface area contributed by atoms with Gasteiger partial charge in [0.15, 0.2) is 0 Å². The summed E-state index contributed by atoms with van der Waals surface area (Å²) in [5.74, 6) is -1.55. The van der Waals surface area contributed by atoms with Crippen molar-refractivity contribution in [3.8, 4) is 0 Å². The van der Waals surface area contributed by atoms with Crippen LogP contribution in [0.4, 0.5) is 10.1 Å². The van der Waals surface area contributed by atoms with Gasteiger partial charge >= 0.3 is 0 Å². The zero-order chi connectivity index (χ0) is 15.1. The summed E-state index contributed by atoms with van der Waals surface area (Å²) in [6, 6.07) is 3.55. The normalized spacial score (nSPS) is 19.1. The van der Waals surface area contributed by atoms with Crippen molar-refractivity contribution in [2.75, 3.05) is 18.0 Å². The second-order valence-corrected chi connectivity index (χ2v) is 6.18. The van der Waals surface area contributed by atoms with Gasteiger partial charge in [-0.05, 0) is 49.9 Å². The fraction of sp³-hybridized carbons (Fsp3) is 0.500. The van der Waals surface area contributed by atoms with Gasteiger partial charge in [0.1, 0.15) is 5.82 Å². The van der Waals surface area contributed by atoms with E-state index in [2.05, 4.69) is 5.32 Å². The summed E-state index contributed by atoms with van der Waals surface area (Å²) < 4.78 is 14.2. The Morgan fingerprint density at radius 2 is 2.10 bits per heavy atom. The SMILES string of the molecule is Cc1cc(F)c2c(c1)C(=O)C(=O)N2CC(C)CNC1CC1. The molecule has 1 amide bonds. The largest absolute Gasteiger partial charge is 0.314 e. The fourth-order valence-electron chi connectivity index (χ4n) is 2.73. The maximum Gasteiger partial charge on any atom is 0.299 e. The Bertz CT molecular complexity index is 611. The Kier molecular flexibility index (Phi) is 3.53. The number of anilines is 1. The number of Topliss-reactive ketones (excluding diaryl/α,β-unsaturated/α-hetero) is 1. The number of benzene rings is 1. The Hall–Kier alpha value is -1.75. The molecule has 0 bridgehead atoms. The van der Waals surface area contributed by atoms with E-state index in [0.29, 0.717) is 18.2 Å². The quantitative estimate of drug-likeness (QED) is 0.844. The van der Waals surface area contributed by atoms with Crippen molar-refractivity contribution in [1.82, 2.24) is 5.32 Å². The van der Waals surface area contributed by atoms with Gasteiger partial charge < -0.3 is 10.2 Å². The number of fused-ring (bicyclic) bond motifs is 1. The zero-order valence-electron chi connectivity index (χ0n) is 12.3. The second-order valence-electron chi connectivity index (χ2n) is 6.18. The molecule has 1 unspecified atom stereocenters. The van der Waals surface area contributed by atoms with Crippen LogP contribution in [-0.4, -0.2) is 30.8 Å². The topological polar surface area (TPSA) is 49.4 Å². The third kappa shape index (κ3) is 2.70. The fourth-order valence-corrected chi connectivity index (χ4v) is 2.73. The molecule has 1 aliphatic heterocycles. The van der Waals surface area contributed by atoms with Gasteiger partial charge in [-0.2, -0.15) is 0 Å². The van der Waals surface area contributed by atoms with Crippen LogP contribution in [0.15, 0.2) is 12.1 Å². The lowest BCUT2D eigenvalue weighted by molar-refractivity contribution is -0.114. The number of rotatable bonds is 5. The van der Waals surface area contributed by atoms with E-state index < -0.39 is 17.5 Å². The molecule has 1 aliphatic carbocycles. The first-order valence-corrected chi connectivity index (χ1v) is 7.37. The van der Waals surface area contributed by atoms with E-state index in [9.17, 15) is 14.0 Å². The minimum Gasteiger partial charge on any atom is -0.314 e. The molecule has 1 aromatic carbocycles. The van der Waals surface area contributed by atoms with Crippen LogP contribution in [0, 0.1) is 18.7 Å². The maximum absolute atomic E-state index is 14.2. The lowest BCUT2D eigenvalue weighted by Gasteiger charge is -2.22. The van der Waals surface area contributed by atoms with Crippen molar-refractivity contribution >= 4 is 17.4 Å². The van der Waals surface area contributed by atoms with Gasteiger partial charge in [0.05, 0.1) is 11.3 Å². The van der Waals surface area contributed by atoms with Crippen LogP contribution in [0.2, 0.25) is 0 Å². The number of carbonyl (C=O) groups is 2. The first kappa shape index (κ1) is 14.2. The summed E-state index contributed by atoms with van der Waals surface area (Å²) in [5.41, 5.74) is 0.992. The van der Waals surface area contributed by atoms with Gasteiger partial charge in [-0.15, -0.1) is 0 Å². The van der Waals surface area contributed by atoms with Crippen molar-refractivity contribution < 1.29 is 14.0 Å². The summed E-state index contributed by atoms with van der Waals surface area (Å²) in [6.07, 6.45) is 2.40. The summed E-state index contributed by atoms with van der Waals surface area (Å²) in [5, 5.41) is 3.39. The number of ketones is 1. The molecule has 1 aromatic rings. The monoisotopic (exact) mass is 290 g/mol. The number of nitrogens with one attached hydrogen (secondary N) is 1. The molecule has 0 spiro atoms. The molecule has 0 radical (unpaired) electrons. The minimum absolute atomic E-state index is 0.147. The highest BCUT2D eigenvalue weighted by Gasteiger charge is 2.38. The Morgan fingerprint density at radius 1 is 1.38 bits per heavy atom. The number of aryl methyl sites for hydroxylation is 1. The number of amides is 1. The summed E-state index contributed by atoms with van der Waals surface area (Å²) in [6.45, 7) is 4.84. The van der Waals surface area contributed by atoms with Crippen LogP contribution in [-0.2, 0) is 4.79 Å². The molecule has 0 saturated heterocycles. The van der Waals surface area contributed by atoms with Gasteiger partial charge in [0.25, 0.3) is 11.7 Å². The highest BCUT2D eigenvalue weighted by molar-refractivity contribution is 6.52. The Morgan fingerprint density at radius 3 is 2.76 bits per heavy atom. The number of hydrogen-bond donors (Lipinski definition) is 1. The van der Waals surface area contributed by atoms with Crippen LogP contribution in [0.3, 0.4) is 0 Å². The molecule has 1 heterocycles. The highest BCUT2D eigenvalue weighted by atomic mass is 19.1. The molecule has 4 nitrogen and oxygen atoms in total. The van der Waals surface area contributed by atoms with Crippen molar-refractivity contribution in [3.05, 3.63) is 29.1 Å². The van der Waals surface area contributed by atoms with Gasteiger partial charge in [-0.3, -0.25) is 9.59 Å². The molecule has 2 aliphatic rings. The van der Waals surface area contributed by atoms with Gasteiger partial charge in [-0.1, -0.05) is 6.92 Å². The lowest BCUT2D eigenvalue weighted by Crippen LogP contribution is -2.37. The summed E-state index contributed by atoms with van der Waals surface area (Å²) >= 11 is 0. The van der Waals surface area contributed by atoms with Crippen molar-refractivity contribution in [1.29, 1.82) is 0 Å². The van der Waals surface area contributed by atoms with E-state index >= 15 is 0 Å². The number of carbonyl (C=O) groups excluding carboxylic acids is 2. The molecule has 112 valence electrons. The summed E-state index contributed by atoms with van der Waals surface area (Å²) in [7, 11) is 0. The number of nitrogens with zero attached hydrogens (tertiary/aromatic N) is 1. The van der Waals surface area contributed by atoms with Crippen LogP contribution in [0.1, 0.15) is 35.7 Å². The first-order valence-electron chi connectivity index (χ1n) is 7.37. The predicted molar refractivity (Wildman–Crippen MR) is 78.0 cm³/mol. The number of hydrogen-bond acceptors (Lipinski definition) is 3. The molecule has 1 saturated carbocycles. The van der Waals surface area contributed by atoms with E-state index in [1.807, 2.05) is 6.92 Å². The van der Waals surface area contributed by atoms with Crippen LogP contribution in [0.25, 0.3) is 0 Å². The molecule has 3 rings (SSSR count). The smallest absolute Gasteiger partial charge is 0.299 e. The average molecular weight is 290 g/mol. The van der Waals surface area contributed by atoms with Crippen LogP contribution >= 0.6 is 0 Å². The molecular formula is C16H19FN2O2. The van der Waals surface area contributed by atoms with E-state index in [-0.39, 0.29) is 17.2 Å². The molecular weight excluding hydrogens is 271 g/mol. The minimum atomic E-state index is -0.618. The standard InChI is InChI=1S/C16H19FN2O2/c1-9-5-12-14(13(17)6-9)19(16(21)15(12)20)8-10(2)7-18-11-3-4-11/h5-6,10-11,18H,3-4,7-8H2,1-2H3. The lowest BCUT2D eigenvalue weighted by atomic mass is 10.1. The van der Waals surface area contributed by atoms with E-state index in [1.54, 1.807) is 13.0 Å². The van der Waals surface area contributed by atoms with Crippen LogP contribution in [0.5, 0.6) is 0 Å². The van der Waals surface area contributed by atoms with E-state index in [0.717, 1.165) is 6.54 Å². The van der Waals surface area contributed by atoms with Crippen LogP contribution < -0.4 is 10.2 Å². The highest BCUT2D eigenvalue weighted by Crippen LogP contribution is 2.33. The van der Waals surface area contributed by atoms with Crippen molar-refractivity contribution in [3.63, 3.8) is 0 Å². The average Bonchev–Trinajstić information content (AvgIpc) is 3.21. The molecule has 1 atom stereocenters. The van der Waals surface area contributed by atoms with Gasteiger partial charge in [-0.25, -0.2) is 4.39 Å². The zero-order valence-corrected chi connectivity index (χ0v) is 12.3. The maximum atomic E-state index is 14.2. The molecule has 1 fully saturated rings. The predicted octanol–water partition coefficient (Wildman–Crippen LogP) is 2.05. The number of halogens is 1. The van der Waals surface area contributed by atoms with Crippen molar-refractivity contribution in [2.24, 2.45) is 5.92 Å². The third-order valence-electron chi connectivity index (χ3n) is 3.99. The molecule has 21 heavy (non-hydrogen) atoms. The van der Waals surface area contributed by atoms with Gasteiger partial charge in [0, 0.05) is 12.6 Å². The van der Waals surface area contributed by atoms with E-state index in [1.165, 1.54) is 23.8 Å².